The molecule has 0 radical (unpaired) electrons. The average Bonchev–Trinajstić information content (AvgIpc) is 3.08. The van der Waals surface area contributed by atoms with E-state index in [1.165, 1.54) is 4.90 Å². The Labute approximate surface area is 105 Å². The number of amides is 2. The number of nitrogen functional groups attached to an aromatic ring is 1. The number of anilines is 2. The molecule has 0 saturated heterocycles. The molecule has 1 aromatic carbocycles. The zero-order valence-corrected chi connectivity index (χ0v) is 9.98. The summed E-state index contributed by atoms with van der Waals surface area (Å²) in [5.41, 5.74) is 7.81. The van der Waals surface area contributed by atoms with Crippen molar-refractivity contribution in [2.75, 3.05) is 17.2 Å². The van der Waals surface area contributed by atoms with E-state index < -0.39 is 0 Å². The van der Waals surface area contributed by atoms with Gasteiger partial charge < -0.3 is 11.1 Å². The summed E-state index contributed by atoms with van der Waals surface area (Å²) in [5.74, 6) is -0.353. The summed E-state index contributed by atoms with van der Waals surface area (Å²) in [7, 11) is 0. The van der Waals surface area contributed by atoms with Crippen molar-refractivity contribution in [2.45, 2.75) is 25.3 Å². The van der Waals surface area contributed by atoms with Crippen LogP contribution in [-0.2, 0) is 16.0 Å². The van der Waals surface area contributed by atoms with Crippen LogP contribution < -0.4 is 16.0 Å². The lowest BCUT2D eigenvalue weighted by molar-refractivity contribution is -0.125. The van der Waals surface area contributed by atoms with Crippen molar-refractivity contribution in [2.24, 2.45) is 0 Å². The Bertz CT molecular complexity index is 523. The lowest BCUT2D eigenvalue weighted by Crippen LogP contribution is -2.40. The standard InChI is InChI=1S/C13H15N3O2/c14-9-1-4-11-8(5-9)6-12(17)16(11)13(18)7-15-10-2-3-10/h1,4-5,10,15H,2-3,6-7,14H2. The summed E-state index contributed by atoms with van der Waals surface area (Å²) in [6, 6.07) is 5.67. The minimum atomic E-state index is -0.185. The maximum atomic E-state index is 12.0. The summed E-state index contributed by atoms with van der Waals surface area (Å²) >= 11 is 0. The first-order valence-corrected chi connectivity index (χ1v) is 6.13. The third kappa shape index (κ3) is 1.97. The van der Waals surface area contributed by atoms with Gasteiger partial charge in [0.15, 0.2) is 0 Å². The van der Waals surface area contributed by atoms with Gasteiger partial charge in [-0.25, -0.2) is 4.90 Å². The number of nitrogens with two attached hydrogens (primary N) is 1. The minimum absolute atomic E-state index is 0.168. The molecule has 0 atom stereocenters. The molecule has 3 rings (SSSR count). The predicted octanol–water partition coefficient (Wildman–Crippen LogP) is 0.436. The molecule has 1 heterocycles. The highest BCUT2D eigenvalue weighted by molar-refractivity contribution is 6.19. The van der Waals surface area contributed by atoms with Gasteiger partial charge in [0, 0.05) is 11.7 Å². The molecule has 94 valence electrons. The Morgan fingerprint density at radius 1 is 1.44 bits per heavy atom. The highest BCUT2D eigenvalue weighted by atomic mass is 16.2. The van der Waals surface area contributed by atoms with Crippen LogP contribution in [0.1, 0.15) is 18.4 Å². The van der Waals surface area contributed by atoms with E-state index in [0.717, 1.165) is 18.4 Å². The number of benzene rings is 1. The molecule has 2 aliphatic rings. The Kier molecular flexibility index (Phi) is 2.56. The van der Waals surface area contributed by atoms with Gasteiger partial charge in [0.1, 0.15) is 0 Å². The molecule has 0 bridgehead atoms. The summed E-state index contributed by atoms with van der Waals surface area (Å²) in [4.78, 5) is 25.2. The Morgan fingerprint density at radius 3 is 2.94 bits per heavy atom. The van der Waals surface area contributed by atoms with Crippen LogP contribution in [0.3, 0.4) is 0 Å². The van der Waals surface area contributed by atoms with E-state index in [1.807, 2.05) is 0 Å². The SMILES string of the molecule is Nc1ccc2c(c1)CC(=O)N2C(=O)CNC1CC1. The smallest absolute Gasteiger partial charge is 0.247 e. The second-order valence-electron chi connectivity index (χ2n) is 4.84. The molecule has 1 aromatic rings. The van der Waals surface area contributed by atoms with Gasteiger partial charge in [-0.15, -0.1) is 0 Å². The summed E-state index contributed by atoms with van der Waals surface area (Å²) < 4.78 is 0. The highest BCUT2D eigenvalue weighted by Gasteiger charge is 2.33. The predicted molar refractivity (Wildman–Crippen MR) is 68.1 cm³/mol. The van der Waals surface area contributed by atoms with Crippen molar-refractivity contribution in [1.82, 2.24) is 5.32 Å². The molecule has 1 fully saturated rings. The fraction of sp³-hybridized carbons (Fsp3) is 0.385. The van der Waals surface area contributed by atoms with Gasteiger partial charge in [0.2, 0.25) is 11.8 Å². The molecular formula is C13H15N3O2. The fourth-order valence-electron chi connectivity index (χ4n) is 2.21. The lowest BCUT2D eigenvalue weighted by atomic mass is 10.1. The van der Waals surface area contributed by atoms with Gasteiger partial charge in [-0.1, -0.05) is 0 Å². The molecule has 1 aliphatic carbocycles. The highest BCUT2D eigenvalue weighted by Crippen LogP contribution is 2.30. The molecular weight excluding hydrogens is 230 g/mol. The lowest BCUT2D eigenvalue weighted by Gasteiger charge is -2.15. The second-order valence-corrected chi connectivity index (χ2v) is 4.84. The number of hydrogen-bond donors (Lipinski definition) is 2. The van der Waals surface area contributed by atoms with Crippen LogP contribution >= 0.6 is 0 Å². The number of carbonyl (C=O) groups is 2. The van der Waals surface area contributed by atoms with Gasteiger partial charge >= 0.3 is 0 Å². The third-order valence-corrected chi connectivity index (χ3v) is 3.30. The van der Waals surface area contributed by atoms with Crippen LogP contribution in [0.15, 0.2) is 18.2 Å². The maximum Gasteiger partial charge on any atom is 0.247 e. The van der Waals surface area contributed by atoms with E-state index in [-0.39, 0.29) is 24.8 Å². The fourth-order valence-corrected chi connectivity index (χ4v) is 2.21. The van der Waals surface area contributed by atoms with Crippen molar-refractivity contribution in [3.63, 3.8) is 0 Å². The first-order valence-electron chi connectivity index (χ1n) is 6.13. The van der Waals surface area contributed by atoms with E-state index in [2.05, 4.69) is 5.32 Å². The Hall–Kier alpha value is -1.88. The number of fused-ring (bicyclic) bond motifs is 1. The van der Waals surface area contributed by atoms with Crippen molar-refractivity contribution < 1.29 is 9.59 Å². The Morgan fingerprint density at radius 2 is 2.22 bits per heavy atom. The van der Waals surface area contributed by atoms with Crippen molar-refractivity contribution in [3.05, 3.63) is 23.8 Å². The van der Waals surface area contributed by atoms with Gasteiger partial charge in [0.05, 0.1) is 18.7 Å². The topological polar surface area (TPSA) is 75.4 Å². The summed E-state index contributed by atoms with van der Waals surface area (Å²) in [6.45, 7) is 0.222. The number of nitrogens with zero attached hydrogens (tertiary/aromatic N) is 1. The van der Waals surface area contributed by atoms with Crippen LogP contribution in [0.4, 0.5) is 11.4 Å². The van der Waals surface area contributed by atoms with Crippen molar-refractivity contribution >= 4 is 23.2 Å². The van der Waals surface area contributed by atoms with E-state index in [9.17, 15) is 9.59 Å². The van der Waals surface area contributed by atoms with Crippen LogP contribution in [0.2, 0.25) is 0 Å². The molecule has 1 aliphatic heterocycles. The first-order chi connectivity index (χ1) is 8.65. The normalized spacial score (nSPS) is 18.0. The van der Waals surface area contributed by atoms with E-state index in [1.54, 1.807) is 18.2 Å². The van der Waals surface area contributed by atoms with Gasteiger partial charge in [0.25, 0.3) is 0 Å². The summed E-state index contributed by atoms with van der Waals surface area (Å²) in [5, 5.41) is 3.13. The maximum absolute atomic E-state index is 12.0. The number of hydrogen-bond acceptors (Lipinski definition) is 4. The van der Waals surface area contributed by atoms with Crippen LogP contribution in [0, 0.1) is 0 Å². The van der Waals surface area contributed by atoms with Crippen LogP contribution in [-0.4, -0.2) is 24.4 Å². The second kappa shape index (κ2) is 4.10. The number of nitrogens with one attached hydrogen (secondary N) is 1. The van der Waals surface area contributed by atoms with Gasteiger partial charge in [-0.3, -0.25) is 9.59 Å². The number of carbonyl (C=O) groups excluding carboxylic acids is 2. The summed E-state index contributed by atoms with van der Waals surface area (Å²) in [6.07, 6.45) is 2.50. The van der Waals surface area contributed by atoms with E-state index in [0.29, 0.717) is 17.4 Å². The third-order valence-electron chi connectivity index (χ3n) is 3.30. The molecule has 5 heteroatoms. The molecule has 1 saturated carbocycles. The quantitative estimate of drug-likeness (QED) is 0.757. The zero-order valence-electron chi connectivity index (χ0n) is 9.98. The minimum Gasteiger partial charge on any atom is -0.399 e. The van der Waals surface area contributed by atoms with E-state index >= 15 is 0 Å². The van der Waals surface area contributed by atoms with Crippen molar-refractivity contribution in [1.29, 1.82) is 0 Å². The van der Waals surface area contributed by atoms with Crippen LogP contribution in [0.5, 0.6) is 0 Å². The molecule has 5 nitrogen and oxygen atoms in total. The number of rotatable bonds is 3. The van der Waals surface area contributed by atoms with E-state index in [4.69, 9.17) is 5.73 Å². The monoisotopic (exact) mass is 245 g/mol. The zero-order chi connectivity index (χ0) is 12.7. The number of imide groups is 1. The molecule has 0 unspecified atom stereocenters. The van der Waals surface area contributed by atoms with Gasteiger partial charge in [-0.05, 0) is 36.6 Å². The molecule has 3 N–H and O–H groups in total. The van der Waals surface area contributed by atoms with Crippen LogP contribution in [0.25, 0.3) is 0 Å². The largest absolute Gasteiger partial charge is 0.399 e. The molecule has 0 aromatic heterocycles. The molecule has 0 spiro atoms. The Balaban J connectivity index is 1.79. The van der Waals surface area contributed by atoms with Gasteiger partial charge in [-0.2, -0.15) is 0 Å². The van der Waals surface area contributed by atoms with Crippen molar-refractivity contribution in [3.8, 4) is 0 Å². The molecule has 18 heavy (non-hydrogen) atoms. The average molecular weight is 245 g/mol. The first kappa shape index (κ1) is 11.2. The molecule has 2 amide bonds.